The molecular weight excluding hydrogens is 402 g/mol. The van der Waals surface area contributed by atoms with E-state index >= 15 is 0 Å². The first-order valence-corrected chi connectivity index (χ1v) is 11.1. The van der Waals surface area contributed by atoms with E-state index in [0.29, 0.717) is 34.4 Å². The predicted molar refractivity (Wildman–Crippen MR) is 119 cm³/mol. The summed E-state index contributed by atoms with van der Waals surface area (Å²) in [5.74, 6) is 1.13. The van der Waals surface area contributed by atoms with Crippen molar-refractivity contribution in [2.24, 2.45) is 5.92 Å². The second kappa shape index (κ2) is 10.7. The van der Waals surface area contributed by atoms with E-state index < -0.39 is 5.91 Å². The first-order chi connectivity index (χ1) is 14.5. The van der Waals surface area contributed by atoms with Crippen molar-refractivity contribution >= 4 is 29.4 Å². The maximum absolute atomic E-state index is 12.2. The van der Waals surface area contributed by atoms with Crippen LogP contribution in [0.15, 0.2) is 30.0 Å². The van der Waals surface area contributed by atoms with Gasteiger partial charge in [0, 0.05) is 5.70 Å². The summed E-state index contributed by atoms with van der Waals surface area (Å²) in [5, 5.41) is 2.98. The lowest BCUT2D eigenvalue weighted by Crippen LogP contribution is -2.34. The number of carbonyl (C=O) groups excluding carboxylic acids is 2. The highest BCUT2D eigenvalue weighted by Crippen LogP contribution is 2.37. The number of allylic oxidation sites excluding steroid dienone is 1. The normalized spacial score (nSPS) is 19.1. The van der Waals surface area contributed by atoms with Crippen molar-refractivity contribution in [3.63, 3.8) is 0 Å². The van der Waals surface area contributed by atoms with Crippen LogP contribution in [0.5, 0.6) is 11.5 Å². The minimum atomic E-state index is -0.454. The Kier molecular flexibility index (Phi) is 7.97. The molecule has 162 valence electrons. The average molecular weight is 432 g/mol. The molecule has 2 fully saturated rings. The Hall–Kier alpha value is -2.27. The third kappa shape index (κ3) is 5.88. The van der Waals surface area contributed by atoms with E-state index in [4.69, 9.17) is 21.1 Å². The van der Waals surface area contributed by atoms with Crippen molar-refractivity contribution in [1.82, 2.24) is 5.32 Å². The smallest absolute Gasteiger partial charge is 0.259 e. The van der Waals surface area contributed by atoms with E-state index in [1.165, 1.54) is 44.6 Å². The van der Waals surface area contributed by atoms with Crippen molar-refractivity contribution in [3.8, 4) is 11.5 Å². The van der Waals surface area contributed by atoms with Crippen LogP contribution in [-0.4, -0.2) is 25.4 Å². The lowest BCUT2D eigenvalue weighted by Gasteiger charge is -2.21. The van der Waals surface area contributed by atoms with Crippen molar-refractivity contribution in [3.05, 3.63) is 40.6 Å². The van der Waals surface area contributed by atoms with Crippen molar-refractivity contribution < 1.29 is 19.1 Å². The Morgan fingerprint density at radius 1 is 1.20 bits per heavy atom. The standard InChI is InChI=1S/C24H30ClNO4/c1-16-12-21(27)19(24(28)26-16)13-18-14-20(25)23(22(15-18)29-2)30-11-7-6-10-17-8-4-3-5-9-17/h13-15,17H,1,3-12H2,2H3,(H,26,28)/b19-13+. The summed E-state index contributed by atoms with van der Waals surface area (Å²) in [6.45, 7) is 4.22. The highest BCUT2D eigenvalue weighted by Gasteiger charge is 2.25. The second-order valence-electron chi connectivity index (χ2n) is 8.10. The van der Waals surface area contributed by atoms with Crippen molar-refractivity contribution in [2.45, 2.75) is 57.8 Å². The number of nitrogens with one attached hydrogen (secondary N) is 1. The fraction of sp³-hybridized carbons (Fsp3) is 0.500. The summed E-state index contributed by atoms with van der Waals surface area (Å²) < 4.78 is 11.4. The number of benzene rings is 1. The van der Waals surface area contributed by atoms with Crippen LogP contribution in [0.4, 0.5) is 0 Å². The van der Waals surface area contributed by atoms with Crippen LogP contribution < -0.4 is 14.8 Å². The van der Waals surface area contributed by atoms with Crippen LogP contribution in [0.2, 0.25) is 5.02 Å². The van der Waals surface area contributed by atoms with E-state index in [9.17, 15) is 9.59 Å². The highest BCUT2D eigenvalue weighted by atomic mass is 35.5. The van der Waals surface area contributed by atoms with Gasteiger partial charge >= 0.3 is 0 Å². The number of methoxy groups -OCH3 is 1. The van der Waals surface area contributed by atoms with Gasteiger partial charge in [-0.3, -0.25) is 9.59 Å². The first-order valence-electron chi connectivity index (χ1n) is 10.7. The van der Waals surface area contributed by atoms with Gasteiger partial charge in [0.25, 0.3) is 5.91 Å². The summed E-state index contributed by atoms with van der Waals surface area (Å²) in [7, 11) is 1.54. The van der Waals surface area contributed by atoms with Crippen LogP contribution >= 0.6 is 11.6 Å². The number of amides is 1. The molecule has 0 bridgehead atoms. The summed E-state index contributed by atoms with van der Waals surface area (Å²) in [6, 6.07) is 3.40. The fourth-order valence-corrected chi connectivity index (χ4v) is 4.42. The van der Waals surface area contributed by atoms with Gasteiger partial charge in [0.2, 0.25) is 0 Å². The second-order valence-corrected chi connectivity index (χ2v) is 8.51. The molecule has 0 radical (unpaired) electrons. The van der Waals surface area contributed by atoms with E-state index in [2.05, 4.69) is 11.9 Å². The number of ketones is 1. The largest absolute Gasteiger partial charge is 0.493 e. The molecule has 0 spiro atoms. The number of hydrogen-bond donors (Lipinski definition) is 1. The number of carbonyl (C=O) groups is 2. The maximum Gasteiger partial charge on any atom is 0.259 e. The molecule has 3 rings (SSSR count). The molecule has 1 N–H and O–H groups in total. The predicted octanol–water partition coefficient (Wildman–Crippen LogP) is 5.46. The van der Waals surface area contributed by atoms with Crippen LogP contribution in [0, 0.1) is 5.92 Å². The van der Waals surface area contributed by atoms with Gasteiger partial charge in [-0.25, -0.2) is 0 Å². The maximum atomic E-state index is 12.2. The molecule has 1 aliphatic carbocycles. The van der Waals surface area contributed by atoms with E-state index in [0.717, 1.165) is 18.8 Å². The molecule has 1 saturated heterocycles. The Balaban J connectivity index is 1.61. The van der Waals surface area contributed by atoms with Gasteiger partial charge < -0.3 is 14.8 Å². The molecular formula is C24H30ClNO4. The number of unbranched alkanes of at least 4 members (excludes halogenated alkanes) is 1. The summed E-state index contributed by atoms with van der Waals surface area (Å²) in [5.41, 5.74) is 1.09. The van der Waals surface area contributed by atoms with Gasteiger partial charge in [0.1, 0.15) is 0 Å². The molecule has 6 heteroatoms. The lowest BCUT2D eigenvalue weighted by molar-refractivity contribution is -0.123. The number of piperidine rings is 1. The zero-order valence-electron chi connectivity index (χ0n) is 17.6. The van der Waals surface area contributed by atoms with Gasteiger partial charge in [0.15, 0.2) is 17.3 Å². The molecule has 1 aromatic carbocycles. The average Bonchev–Trinajstić information content (AvgIpc) is 2.72. The first kappa shape index (κ1) is 22.4. The minimum absolute atomic E-state index is 0.0805. The summed E-state index contributed by atoms with van der Waals surface area (Å²) >= 11 is 6.43. The van der Waals surface area contributed by atoms with Crippen LogP contribution in [0.3, 0.4) is 0 Å². The third-order valence-electron chi connectivity index (χ3n) is 5.75. The van der Waals surface area contributed by atoms with Crippen molar-refractivity contribution in [2.75, 3.05) is 13.7 Å². The Morgan fingerprint density at radius 2 is 1.97 bits per heavy atom. The van der Waals surface area contributed by atoms with Gasteiger partial charge in [-0.15, -0.1) is 0 Å². The van der Waals surface area contributed by atoms with Crippen LogP contribution in [0.1, 0.15) is 63.4 Å². The van der Waals surface area contributed by atoms with Crippen LogP contribution in [0.25, 0.3) is 6.08 Å². The molecule has 1 aliphatic heterocycles. The zero-order valence-corrected chi connectivity index (χ0v) is 18.4. The zero-order chi connectivity index (χ0) is 21.5. The number of ether oxygens (including phenoxy) is 2. The molecule has 2 aliphatic rings. The molecule has 30 heavy (non-hydrogen) atoms. The highest BCUT2D eigenvalue weighted by molar-refractivity contribution is 6.32. The van der Waals surface area contributed by atoms with E-state index in [1.54, 1.807) is 19.2 Å². The molecule has 1 amide bonds. The van der Waals surface area contributed by atoms with Gasteiger partial charge in [-0.1, -0.05) is 56.7 Å². The quantitative estimate of drug-likeness (QED) is 0.337. The summed E-state index contributed by atoms with van der Waals surface area (Å²) in [4.78, 5) is 24.3. The Bertz CT molecular complexity index is 818. The Labute approximate surface area is 183 Å². The topological polar surface area (TPSA) is 64.6 Å². The third-order valence-corrected chi connectivity index (χ3v) is 6.03. The van der Waals surface area contributed by atoms with Crippen LogP contribution in [-0.2, 0) is 9.59 Å². The van der Waals surface area contributed by atoms with Gasteiger partial charge in [0.05, 0.1) is 30.7 Å². The van der Waals surface area contributed by atoms with Gasteiger partial charge in [-0.05, 0) is 42.5 Å². The fourth-order valence-electron chi connectivity index (χ4n) is 4.15. The van der Waals surface area contributed by atoms with E-state index in [-0.39, 0.29) is 17.8 Å². The monoisotopic (exact) mass is 431 g/mol. The minimum Gasteiger partial charge on any atom is -0.493 e. The molecule has 0 unspecified atom stereocenters. The Morgan fingerprint density at radius 3 is 2.67 bits per heavy atom. The lowest BCUT2D eigenvalue weighted by atomic mass is 9.86. The number of hydrogen-bond acceptors (Lipinski definition) is 4. The van der Waals surface area contributed by atoms with E-state index in [1.807, 2.05) is 0 Å². The number of halogens is 1. The van der Waals surface area contributed by atoms with Gasteiger partial charge in [-0.2, -0.15) is 0 Å². The van der Waals surface area contributed by atoms with Crippen molar-refractivity contribution in [1.29, 1.82) is 0 Å². The molecule has 1 heterocycles. The SMILES string of the molecule is C=C1CC(=O)/C(=C\c2cc(Cl)c(OCCCCC3CCCCC3)c(OC)c2)C(=O)N1. The molecule has 1 saturated carbocycles. The molecule has 5 nitrogen and oxygen atoms in total. The number of rotatable bonds is 8. The molecule has 1 aromatic rings. The molecule has 0 atom stereocenters. The molecule has 0 aromatic heterocycles. The summed E-state index contributed by atoms with van der Waals surface area (Å²) in [6.07, 6.45) is 11.9. The number of Topliss-reactive ketones (excluding diaryl/α,β-unsaturated/α-hetero) is 1.